The molecule has 19 heavy (non-hydrogen) atoms. The fourth-order valence-electron chi connectivity index (χ4n) is 1.14. The fourth-order valence-corrected chi connectivity index (χ4v) is 1.14. The van der Waals surface area contributed by atoms with E-state index in [0.29, 0.717) is 19.0 Å². The monoisotopic (exact) mass is 375 g/mol. The molecule has 0 aliphatic carbocycles. The lowest BCUT2D eigenvalue weighted by Crippen LogP contribution is -2.32. The minimum atomic E-state index is -0.548. The van der Waals surface area contributed by atoms with Crippen LogP contribution in [0.2, 0.25) is 0 Å². The van der Waals surface area contributed by atoms with Gasteiger partial charge in [-0.25, -0.2) is 4.99 Å². The molecule has 5 N–H and O–H groups in total. The van der Waals surface area contributed by atoms with Crippen molar-refractivity contribution < 1.29 is 4.79 Å². The zero-order valence-corrected chi connectivity index (χ0v) is 13.0. The van der Waals surface area contributed by atoms with E-state index in [4.69, 9.17) is 11.5 Å². The van der Waals surface area contributed by atoms with Crippen molar-refractivity contribution in [1.29, 1.82) is 0 Å². The predicted octanol–water partition coefficient (Wildman–Crippen LogP) is 0.779. The smallest absolute Gasteiger partial charge is 0.267 e. The van der Waals surface area contributed by atoms with E-state index in [1.807, 2.05) is 6.92 Å². The Morgan fingerprint density at radius 2 is 2.16 bits per heavy atom. The maximum absolute atomic E-state index is 10.8. The van der Waals surface area contributed by atoms with Crippen molar-refractivity contribution in [2.24, 2.45) is 16.5 Å². The fraction of sp³-hybridized carbons (Fsp3) is 0.250. The number of carbonyl (C=O) groups is 1. The first kappa shape index (κ1) is 17.4. The third-order valence-electron chi connectivity index (χ3n) is 2.08. The SMILES string of the molecule is C=C(C)CNC(N)=NCc1ccc(C(N)=O)nc1.I. The van der Waals surface area contributed by atoms with Crippen molar-refractivity contribution in [3.8, 4) is 0 Å². The maximum atomic E-state index is 10.8. The summed E-state index contributed by atoms with van der Waals surface area (Å²) in [6.45, 7) is 6.62. The zero-order chi connectivity index (χ0) is 13.5. The Bertz CT molecular complexity index is 470. The van der Waals surface area contributed by atoms with Crippen molar-refractivity contribution in [3.63, 3.8) is 0 Å². The summed E-state index contributed by atoms with van der Waals surface area (Å²) < 4.78 is 0. The number of rotatable bonds is 5. The molecule has 0 radical (unpaired) electrons. The van der Waals surface area contributed by atoms with Gasteiger partial charge < -0.3 is 16.8 Å². The number of guanidine groups is 1. The third kappa shape index (κ3) is 6.75. The van der Waals surface area contributed by atoms with Gasteiger partial charge in [-0.2, -0.15) is 0 Å². The summed E-state index contributed by atoms with van der Waals surface area (Å²) in [6.07, 6.45) is 1.55. The van der Waals surface area contributed by atoms with Gasteiger partial charge in [0.05, 0.1) is 6.54 Å². The van der Waals surface area contributed by atoms with Crippen LogP contribution in [0, 0.1) is 0 Å². The first-order chi connectivity index (χ1) is 8.49. The van der Waals surface area contributed by atoms with Gasteiger partial charge in [0.25, 0.3) is 5.91 Å². The largest absolute Gasteiger partial charge is 0.370 e. The minimum absolute atomic E-state index is 0. The van der Waals surface area contributed by atoms with Gasteiger partial charge in [-0.05, 0) is 18.6 Å². The maximum Gasteiger partial charge on any atom is 0.267 e. The molecule has 0 bridgehead atoms. The molecule has 7 heteroatoms. The van der Waals surface area contributed by atoms with E-state index in [1.54, 1.807) is 18.3 Å². The van der Waals surface area contributed by atoms with Crippen LogP contribution in [0.4, 0.5) is 0 Å². The van der Waals surface area contributed by atoms with Crippen molar-refractivity contribution in [2.75, 3.05) is 6.54 Å². The van der Waals surface area contributed by atoms with Gasteiger partial charge in [0.2, 0.25) is 0 Å². The molecule has 0 aliphatic rings. The first-order valence-electron chi connectivity index (χ1n) is 5.42. The summed E-state index contributed by atoms with van der Waals surface area (Å²) in [5.74, 6) is -0.204. The highest BCUT2D eigenvalue weighted by Crippen LogP contribution is 2.01. The average Bonchev–Trinajstić information content (AvgIpc) is 2.34. The lowest BCUT2D eigenvalue weighted by Gasteiger charge is -2.04. The van der Waals surface area contributed by atoms with Crippen molar-refractivity contribution in [3.05, 3.63) is 41.7 Å². The number of pyridine rings is 1. The number of nitrogens with zero attached hydrogens (tertiary/aromatic N) is 2. The van der Waals surface area contributed by atoms with E-state index in [2.05, 4.69) is 21.9 Å². The van der Waals surface area contributed by atoms with Crippen LogP contribution in [0.5, 0.6) is 0 Å². The van der Waals surface area contributed by atoms with Crippen molar-refractivity contribution in [2.45, 2.75) is 13.5 Å². The molecule has 6 nitrogen and oxygen atoms in total. The molecule has 1 aromatic rings. The van der Waals surface area contributed by atoms with E-state index in [9.17, 15) is 4.79 Å². The molecule has 0 atom stereocenters. The summed E-state index contributed by atoms with van der Waals surface area (Å²) in [5.41, 5.74) is 12.8. The number of primary amides is 1. The molecule has 0 saturated heterocycles. The van der Waals surface area contributed by atoms with E-state index in [0.717, 1.165) is 11.1 Å². The van der Waals surface area contributed by atoms with E-state index in [-0.39, 0.29) is 29.7 Å². The van der Waals surface area contributed by atoms with Gasteiger partial charge >= 0.3 is 0 Å². The quantitative estimate of drug-likeness (QED) is 0.306. The molecule has 1 rings (SSSR count). The molecule has 0 fully saturated rings. The number of carbonyl (C=O) groups excluding carboxylic acids is 1. The van der Waals surface area contributed by atoms with Crippen LogP contribution in [0.1, 0.15) is 23.0 Å². The number of aliphatic imine (C=N–C) groups is 1. The second-order valence-electron chi connectivity index (χ2n) is 3.93. The number of nitrogens with one attached hydrogen (secondary N) is 1. The van der Waals surface area contributed by atoms with Gasteiger partial charge in [0.15, 0.2) is 5.96 Å². The zero-order valence-electron chi connectivity index (χ0n) is 10.7. The molecule has 0 spiro atoms. The molecule has 0 aromatic carbocycles. The molecule has 104 valence electrons. The van der Waals surface area contributed by atoms with Crippen LogP contribution >= 0.6 is 24.0 Å². The van der Waals surface area contributed by atoms with E-state index in [1.165, 1.54) is 0 Å². The molecule has 0 unspecified atom stereocenters. The van der Waals surface area contributed by atoms with Gasteiger partial charge in [0.1, 0.15) is 5.69 Å². The Kier molecular flexibility index (Phi) is 7.73. The van der Waals surface area contributed by atoms with Gasteiger partial charge in [0, 0.05) is 12.7 Å². The summed E-state index contributed by atoms with van der Waals surface area (Å²) in [6, 6.07) is 3.30. The number of halogens is 1. The Morgan fingerprint density at radius 3 is 2.63 bits per heavy atom. The third-order valence-corrected chi connectivity index (χ3v) is 2.08. The Morgan fingerprint density at radius 1 is 1.47 bits per heavy atom. The van der Waals surface area contributed by atoms with E-state index >= 15 is 0 Å². The van der Waals surface area contributed by atoms with Crippen LogP contribution < -0.4 is 16.8 Å². The van der Waals surface area contributed by atoms with Crippen molar-refractivity contribution >= 4 is 35.8 Å². The average molecular weight is 375 g/mol. The summed E-state index contributed by atoms with van der Waals surface area (Å²) in [5, 5.41) is 2.92. The predicted molar refractivity (Wildman–Crippen MR) is 86.3 cm³/mol. The molecule has 0 saturated carbocycles. The number of nitrogens with two attached hydrogens (primary N) is 2. The number of amides is 1. The van der Waals surface area contributed by atoms with Crippen LogP contribution in [0.25, 0.3) is 0 Å². The summed E-state index contributed by atoms with van der Waals surface area (Å²) in [4.78, 5) is 18.9. The summed E-state index contributed by atoms with van der Waals surface area (Å²) >= 11 is 0. The Balaban J connectivity index is 0.00000324. The van der Waals surface area contributed by atoms with Crippen molar-refractivity contribution in [1.82, 2.24) is 10.3 Å². The summed E-state index contributed by atoms with van der Waals surface area (Å²) in [7, 11) is 0. The van der Waals surface area contributed by atoms with Gasteiger partial charge in [-0.15, -0.1) is 24.0 Å². The Labute approximate surface area is 129 Å². The minimum Gasteiger partial charge on any atom is -0.370 e. The number of hydrogen-bond donors (Lipinski definition) is 3. The number of hydrogen-bond acceptors (Lipinski definition) is 3. The van der Waals surface area contributed by atoms with Gasteiger partial charge in [-0.3, -0.25) is 9.78 Å². The molecule has 1 heterocycles. The highest BCUT2D eigenvalue weighted by Gasteiger charge is 2.01. The lowest BCUT2D eigenvalue weighted by molar-refractivity contribution is 0.0995. The normalized spacial score (nSPS) is 10.5. The van der Waals surface area contributed by atoms with Crippen LogP contribution in [-0.2, 0) is 6.54 Å². The highest BCUT2D eigenvalue weighted by atomic mass is 127. The molecule has 1 amide bonds. The molecular formula is C12H18IN5O. The van der Waals surface area contributed by atoms with Crippen LogP contribution in [0.3, 0.4) is 0 Å². The van der Waals surface area contributed by atoms with Crippen LogP contribution in [0.15, 0.2) is 35.5 Å². The topological polar surface area (TPSA) is 106 Å². The second kappa shape index (κ2) is 8.46. The van der Waals surface area contributed by atoms with Crippen LogP contribution in [-0.4, -0.2) is 23.4 Å². The molecule has 1 aromatic heterocycles. The van der Waals surface area contributed by atoms with Gasteiger partial charge in [-0.1, -0.05) is 18.2 Å². The second-order valence-corrected chi connectivity index (χ2v) is 3.93. The standard InChI is InChI=1S/C12H17N5O.HI/c1-8(2)5-16-12(14)17-7-9-3-4-10(11(13)18)15-6-9;/h3-4,6H,1,5,7H2,2H3,(H2,13,18)(H3,14,16,17);1H. The Hall–Kier alpha value is -1.64. The lowest BCUT2D eigenvalue weighted by atomic mass is 10.2. The first-order valence-corrected chi connectivity index (χ1v) is 5.42. The highest BCUT2D eigenvalue weighted by molar-refractivity contribution is 14.0. The van der Waals surface area contributed by atoms with E-state index < -0.39 is 5.91 Å². The molecular weight excluding hydrogens is 357 g/mol. The number of aromatic nitrogens is 1. The molecule has 0 aliphatic heterocycles.